The zero-order valence-corrected chi connectivity index (χ0v) is 7.06. The van der Waals surface area contributed by atoms with Crippen LogP contribution < -0.4 is 0 Å². The highest BCUT2D eigenvalue weighted by Crippen LogP contribution is 2.14. The summed E-state index contributed by atoms with van der Waals surface area (Å²) in [6, 6.07) is 1.76. The molecule has 4 nitrogen and oxygen atoms in total. The molecular formula is C9H8N2O2. The van der Waals surface area contributed by atoms with Crippen LogP contribution in [0.15, 0.2) is 24.7 Å². The summed E-state index contributed by atoms with van der Waals surface area (Å²) in [5, 5.41) is 8.90. The van der Waals surface area contributed by atoms with Gasteiger partial charge in [0.2, 0.25) is 0 Å². The average molecular weight is 176 g/mol. The van der Waals surface area contributed by atoms with E-state index in [4.69, 9.17) is 5.11 Å². The van der Waals surface area contributed by atoms with Crippen molar-refractivity contribution in [2.24, 2.45) is 0 Å². The standard InChI is InChI=1S/C9H8N2O2/c1-6-5-11-4-2-3-10-8(11)7(6)9(12)13/h2-5H,1H3,(H,12,13). The number of nitrogens with zero attached hydrogens (tertiary/aromatic N) is 2. The number of aromatic carboxylic acids is 1. The second kappa shape index (κ2) is 2.58. The van der Waals surface area contributed by atoms with E-state index in [1.54, 1.807) is 36.0 Å². The Morgan fingerprint density at radius 3 is 3.08 bits per heavy atom. The Hall–Kier alpha value is -1.84. The second-order valence-electron chi connectivity index (χ2n) is 2.84. The molecule has 2 aromatic rings. The van der Waals surface area contributed by atoms with E-state index < -0.39 is 5.97 Å². The van der Waals surface area contributed by atoms with Gasteiger partial charge in [0.05, 0.1) is 0 Å². The minimum Gasteiger partial charge on any atom is -0.478 e. The molecule has 0 saturated heterocycles. The van der Waals surface area contributed by atoms with Crippen LogP contribution in [0.5, 0.6) is 0 Å². The predicted molar refractivity (Wildman–Crippen MR) is 46.9 cm³/mol. The maximum Gasteiger partial charge on any atom is 0.339 e. The fourth-order valence-corrected chi connectivity index (χ4v) is 1.39. The Bertz CT molecular complexity index is 473. The highest BCUT2D eigenvalue weighted by molar-refractivity contribution is 5.96. The van der Waals surface area contributed by atoms with Gasteiger partial charge in [0.15, 0.2) is 5.65 Å². The largest absolute Gasteiger partial charge is 0.478 e. The van der Waals surface area contributed by atoms with Crippen LogP contribution in [0.25, 0.3) is 5.65 Å². The molecule has 2 heterocycles. The first-order valence-electron chi connectivity index (χ1n) is 3.85. The van der Waals surface area contributed by atoms with E-state index in [0.29, 0.717) is 5.65 Å². The number of hydrogen-bond acceptors (Lipinski definition) is 2. The topological polar surface area (TPSA) is 54.6 Å². The van der Waals surface area contributed by atoms with E-state index in [1.165, 1.54) is 0 Å². The maximum absolute atomic E-state index is 10.8. The third kappa shape index (κ3) is 1.07. The van der Waals surface area contributed by atoms with Crippen LogP contribution in [0, 0.1) is 6.92 Å². The van der Waals surface area contributed by atoms with Crippen LogP contribution in [0.2, 0.25) is 0 Å². The van der Waals surface area contributed by atoms with Crippen molar-refractivity contribution in [2.75, 3.05) is 0 Å². The number of fused-ring (bicyclic) bond motifs is 1. The molecule has 0 amide bonds. The SMILES string of the molecule is Cc1cn2cccnc2c1C(=O)O. The summed E-state index contributed by atoms with van der Waals surface area (Å²) in [6.07, 6.45) is 5.12. The minimum absolute atomic E-state index is 0.278. The van der Waals surface area contributed by atoms with Crippen molar-refractivity contribution in [3.8, 4) is 0 Å². The van der Waals surface area contributed by atoms with Gasteiger partial charge in [-0.15, -0.1) is 0 Å². The van der Waals surface area contributed by atoms with Crippen molar-refractivity contribution in [1.29, 1.82) is 0 Å². The summed E-state index contributed by atoms with van der Waals surface area (Å²) >= 11 is 0. The Morgan fingerprint density at radius 1 is 1.62 bits per heavy atom. The van der Waals surface area contributed by atoms with E-state index >= 15 is 0 Å². The lowest BCUT2D eigenvalue weighted by Crippen LogP contribution is -1.98. The van der Waals surface area contributed by atoms with Gasteiger partial charge in [-0.3, -0.25) is 0 Å². The summed E-state index contributed by atoms with van der Waals surface area (Å²) in [5.74, 6) is -0.932. The Kier molecular flexibility index (Phi) is 1.55. The van der Waals surface area contributed by atoms with E-state index in [0.717, 1.165) is 5.56 Å². The van der Waals surface area contributed by atoms with Crippen LogP contribution >= 0.6 is 0 Å². The number of carboxylic acid groups (broad SMARTS) is 1. The van der Waals surface area contributed by atoms with Crippen molar-refractivity contribution in [3.63, 3.8) is 0 Å². The molecule has 2 rings (SSSR count). The lowest BCUT2D eigenvalue weighted by Gasteiger charge is -1.93. The van der Waals surface area contributed by atoms with E-state index in [1.807, 2.05) is 0 Å². The number of hydrogen-bond donors (Lipinski definition) is 1. The van der Waals surface area contributed by atoms with Crippen LogP contribution in [0.1, 0.15) is 15.9 Å². The van der Waals surface area contributed by atoms with Gasteiger partial charge >= 0.3 is 5.97 Å². The lowest BCUT2D eigenvalue weighted by atomic mass is 10.2. The number of aryl methyl sites for hydroxylation is 1. The monoisotopic (exact) mass is 176 g/mol. The summed E-state index contributed by atoms with van der Waals surface area (Å²) in [5.41, 5.74) is 1.50. The Morgan fingerprint density at radius 2 is 2.38 bits per heavy atom. The molecule has 0 radical (unpaired) electrons. The molecule has 0 fully saturated rings. The van der Waals surface area contributed by atoms with Crippen LogP contribution in [-0.2, 0) is 0 Å². The highest BCUT2D eigenvalue weighted by Gasteiger charge is 2.14. The molecule has 2 aromatic heterocycles. The smallest absolute Gasteiger partial charge is 0.339 e. The lowest BCUT2D eigenvalue weighted by molar-refractivity contribution is 0.0698. The normalized spacial score (nSPS) is 10.5. The molecule has 0 bridgehead atoms. The van der Waals surface area contributed by atoms with Crippen LogP contribution in [0.3, 0.4) is 0 Å². The summed E-state index contributed by atoms with van der Waals surface area (Å²) in [6.45, 7) is 1.76. The molecule has 0 atom stereocenters. The van der Waals surface area contributed by atoms with E-state index in [9.17, 15) is 4.79 Å². The van der Waals surface area contributed by atoms with Crippen molar-refractivity contribution in [3.05, 3.63) is 35.8 Å². The first-order chi connectivity index (χ1) is 6.20. The zero-order chi connectivity index (χ0) is 9.42. The highest BCUT2D eigenvalue weighted by atomic mass is 16.4. The second-order valence-corrected chi connectivity index (χ2v) is 2.84. The fourth-order valence-electron chi connectivity index (χ4n) is 1.39. The van der Waals surface area contributed by atoms with E-state index in [-0.39, 0.29) is 5.56 Å². The van der Waals surface area contributed by atoms with Gasteiger partial charge in [-0.25, -0.2) is 9.78 Å². The third-order valence-corrected chi connectivity index (χ3v) is 1.94. The molecule has 1 N–H and O–H groups in total. The zero-order valence-electron chi connectivity index (χ0n) is 7.06. The molecule has 13 heavy (non-hydrogen) atoms. The Balaban J connectivity index is 2.86. The summed E-state index contributed by atoms with van der Waals surface area (Å²) in [7, 11) is 0. The van der Waals surface area contributed by atoms with Gasteiger partial charge < -0.3 is 9.51 Å². The number of carboxylic acids is 1. The molecule has 0 spiro atoms. The molecular weight excluding hydrogens is 168 g/mol. The van der Waals surface area contributed by atoms with Crippen molar-refractivity contribution < 1.29 is 9.90 Å². The van der Waals surface area contributed by atoms with Crippen LogP contribution in [-0.4, -0.2) is 20.5 Å². The molecule has 0 aliphatic heterocycles. The molecule has 0 aromatic carbocycles. The predicted octanol–water partition coefficient (Wildman–Crippen LogP) is 1.34. The Labute approximate surface area is 74.5 Å². The summed E-state index contributed by atoms with van der Waals surface area (Å²) in [4.78, 5) is 14.8. The quantitative estimate of drug-likeness (QED) is 0.713. The maximum atomic E-state index is 10.8. The van der Waals surface area contributed by atoms with Gasteiger partial charge in [0, 0.05) is 18.6 Å². The fraction of sp³-hybridized carbons (Fsp3) is 0.111. The molecule has 0 aliphatic rings. The minimum atomic E-state index is -0.932. The number of rotatable bonds is 1. The summed E-state index contributed by atoms with van der Waals surface area (Å²) < 4.78 is 1.71. The first-order valence-corrected chi connectivity index (χ1v) is 3.85. The van der Waals surface area contributed by atoms with Gasteiger partial charge in [-0.1, -0.05) is 0 Å². The van der Waals surface area contributed by atoms with E-state index in [2.05, 4.69) is 4.98 Å². The first kappa shape index (κ1) is 7.79. The van der Waals surface area contributed by atoms with Gasteiger partial charge in [-0.05, 0) is 18.6 Å². The number of carbonyl (C=O) groups is 1. The average Bonchev–Trinajstić information content (AvgIpc) is 2.39. The molecule has 66 valence electrons. The number of aromatic nitrogens is 2. The molecule has 0 unspecified atom stereocenters. The van der Waals surface area contributed by atoms with Crippen LogP contribution in [0.4, 0.5) is 0 Å². The van der Waals surface area contributed by atoms with Crippen molar-refractivity contribution >= 4 is 11.6 Å². The van der Waals surface area contributed by atoms with Crippen molar-refractivity contribution in [1.82, 2.24) is 9.38 Å². The van der Waals surface area contributed by atoms with Gasteiger partial charge in [-0.2, -0.15) is 0 Å². The molecule has 4 heteroatoms. The van der Waals surface area contributed by atoms with Gasteiger partial charge in [0.1, 0.15) is 5.56 Å². The van der Waals surface area contributed by atoms with Gasteiger partial charge in [0.25, 0.3) is 0 Å². The van der Waals surface area contributed by atoms with Crippen molar-refractivity contribution in [2.45, 2.75) is 6.92 Å². The third-order valence-electron chi connectivity index (χ3n) is 1.94. The molecule has 0 aliphatic carbocycles. The molecule has 0 saturated carbocycles.